The van der Waals surface area contributed by atoms with Gasteiger partial charge in [0.2, 0.25) is 23.4 Å². The van der Waals surface area contributed by atoms with Crippen molar-refractivity contribution in [1.29, 1.82) is 0 Å². The second-order valence-electron chi connectivity index (χ2n) is 12.7. The zero-order valence-electron chi connectivity index (χ0n) is 31.6. The fourth-order valence-corrected chi connectivity index (χ4v) is 6.08. The number of hydrogen-bond acceptors (Lipinski definition) is 13. The lowest BCUT2D eigenvalue weighted by molar-refractivity contribution is -0.275. The molecule has 59 heavy (non-hydrogen) atoms. The molecule has 302 valence electrons. The first-order valence-electron chi connectivity index (χ1n) is 18.1. The maximum Gasteiger partial charge on any atom is 0.338 e. The second-order valence-corrected chi connectivity index (χ2v) is 13.1. The minimum absolute atomic E-state index is 0.0667. The zero-order chi connectivity index (χ0) is 41.7. The number of methoxy groups -OCH3 is 2. The van der Waals surface area contributed by atoms with Crippen LogP contribution in [0.5, 0.6) is 17.2 Å². The van der Waals surface area contributed by atoms with Gasteiger partial charge in [-0.15, -0.1) is 0 Å². The molecule has 13 nitrogen and oxygen atoms in total. The summed E-state index contributed by atoms with van der Waals surface area (Å²) in [5, 5.41) is -0.723. The predicted octanol–water partition coefficient (Wildman–Crippen LogP) is 7.12. The summed E-state index contributed by atoms with van der Waals surface area (Å²) in [7, 11) is 2.71. The number of carbonyl (C=O) groups is 5. The van der Waals surface area contributed by atoms with Crippen LogP contribution in [0.4, 0.5) is 0 Å². The smallest absolute Gasteiger partial charge is 0.338 e. The van der Waals surface area contributed by atoms with Crippen LogP contribution < -0.4 is 14.2 Å². The Morgan fingerprint density at radius 2 is 0.983 bits per heavy atom. The highest BCUT2D eigenvalue weighted by Gasteiger charge is 2.54. The largest absolute Gasteiger partial charge is 0.493 e. The Labute approximate surface area is 343 Å². The van der Waals surface area contributed by atoms with Crippen LogP contribution in [-0.2, 0) is 28.5 Å². The van der Waals surface area contributed by atoms with E-state index < -0.39 is 66.4 Å². The van der Waals surface area contributed by atoms with Gasteiger partial charge >= 0.3 is 23.9 Å². The van der Waals surface area contributed by atoms with Crippen molar-refractivity contribution >= 4 is 46.8 Å². The molecule has 0 aliphatic carbocycles. The van der Waals surface area contributed by atoms with Gasteiger partial charge in [0.1, 0.15) is 12.7 Å². The highest BCUT2D eigenvalue weighted by Crippen LogP contribution is 2.42. The third kappa shape index (κ3) is 10.7. The quantitative estimate of drug-likeness (QED) is 0.0455. The molecule has 1 heterocycles. The molecule has 0 radical (unpaired) electrons. The van der Waals surface area contributed by atoms with Crippen molar-refractivity contribution in [1.82, 2.24) is 0 Å². The van der Waals surface area contributed by atoms with Crippen molar-refractivity contribution in [3.63, 3.8) is 0 Å². The predicted molar refractivity (Wildman–Crippen MR) is 212 cm³/mol. The third-order valence-electron chi connectivity index (χ3n) is 8.86. The van der Waals surface area contributed by atoms with E-state index in [9.17, 15) is 24.0 Å². The van der Waals surface area contributed by atoms with Crippen molar-refractivity contribution in [2.75, 3.05) is 20.8 Å². The van der Waals surface area contributed by atoms with E-state index >= 15 is 0 Å². The topological polar surface area (TPSA) is 159 Å². The van der Waals surface area contributed by atoms with Crippen molar-refractivity contribution < 1.29 is 61.9 Å². The van der Waals surface area contributed by atoms with Crippen molar-refractivity contribution in [3.8, 4) is 17.2 Å². The van der Waals surface area contributed by atoms with E-state index in [0.717, 1.165) is 6.08 Å². The molecule has 14 heteroatoms. The Kier molecular flexibility index (Phi) is 14.1. The highest BCUT2D eigenvalue weighted by molar-refractivity contribution is 6.66. The van der Waals surface area contributed by atoms with Crippen molar-refractivity contribution in [2.24, 2.45) is 0 Å². The number of allylic oxidation sites excluding steroid dienone is 1. The number of benzene rings is 5. The molecular formula is C45H37ClO13. The molecular weight excluding hydrogens is 784 g/mol. The van der Waals surface area contributed by atoms with Gasteiger partial charge in [-0.25, -0.2) is 19.2 Å². The van der Waals surface area contributed by atoms with Gasteiger partial charge in [-0.2, -0.15) is 0 Å². The number of esters is 4. The maximum absolute atomic E-state index is 13.9. The van der Waals surface area contributed by atoms with Crippen molar-refractivity contribution in [2.45, 2.75) is 30.7 Å². The molecule has 5 aromatic carbocycles. The van der Waals surface area contributed by atoms with Gasteiger partial charge < -0.3 is 37.9 Å². The first-order valence-corrected chi connectivity index (χ1v) is 18.5. The Morgan fingerprint density at radius 1 is 0.576 bits per heavy atom. The maximum atomic E-state index is 13.9. The molecule has 1 saturated heterocycles. The average molecular weight is 821 g/mol. The summed E-state index contributed by atoms with van der Waals surface area (Å²) in [6.07, 6.45) is -5.51. The number of ether oxygens (including phenoxy) is 8. The van der Waals surface area contributed by atoms with E-state index in [2.05, 4.69) is 0 Å². The van der Waals surface area contributed by atoms with Gasteiger partial charge in [0.15, 0.2) is 23.7 Å². The summed E-state index contributed by atoms with van der Waals surface area (Å²) in [5.41, 5.74) is 1.03. The minimum atomic E-state index is -1.70. The summed E-state index contributed by atoms with van der Waals surface area (Å²) in [4.78, 5) is 66.4. The third-order valence-corrected chi connectivity index (χ3v) is 8.99. The van der Waals surface area contributed by atoms with Crippen LogP contribution in [0.25, 0.3) is 6.08 Å². The molecule has 1 aliphatic heterocycles. The van der Waals surface area contributed by atoms with Gasteiger partial charge in [0, 0.05) is 0 Å². The van der Waals surface area contributed by atoms with E-state index in [-0.39, 0.29) is 39.5 Å². The molecule has 5 atom stereocenters. The normalized spacial score (nSPS) is 18.5. The lowest BCUT2D eigenvalue weighted by atomic mass is 9.97. The minimum Gasteiger partial charge on any atom is -0.493 e. The molecule has 0 amide bonds. The molecule has 1 aliphatic rings. The molecule has 0 aromatic heterocycles. The fourth-order valence-electron chi connectivity index (χ4n) is 6.01. The highest BCUT2D eigenvalue weighted by atomic mass is 35.5. The molecule has 0 saturated carbocycles. The molecule has 1 fully saturated rings. The summed E-state index contributed by atoms with van der Waals surface area (Å²) in [6, 6.07) is 35.1. The Balaban J connectivity index is 1.48. The molecule has 0 spiro atoms. The Hall–Kier alpha value is -6.96. The Morgan fingerprint density at radius 3 is 1.41 bits per heavy atom. The van der Waals surface area contributed by atoms with Gasteiger partial charge in [-0.3, -0.25) is 4.79 Å². The van der Waals surface area contributed by atoms with E-state index in [1.54, 1.807) is 84.9 Å². The van der Waals surface area contributed by atoms with E-state index in [1.165, 1.54) is 68.8 Å². The van der Waals surface area contributed by atoms with Crippen LogP contribution in [0.15, 0.2) is 140 Å². The standard InChI is InChI=1S/C45H37ClO13/c1-52-33-25-28(23-24-36(46)47)26-34(53-2)37(33)59-45-40(58-44(51)32-21-13-6-14-22-32)39(57-43(50)31-19-11-5-12-20-31)38(56-42(49)30-17-9-4-10-18-30)35(55-45)27-54-41(48)29-15-7-3-8-16-29/h3-26,35,38-40,45H,27H2,1-2H3/b24-23+/t35-,38-,39+,40-,45+/m1/s1. The van der Waals surface area contributed by atoms with E-state index in [4.69, 9.17) is 49.5 Å². The molecule has 5 aromatic rings. The summed E-state index contributed by atoms with van der Waals surface area (Å²) < 4.78 is 48.2. The monoisotopic (exact) mass is 820 g/mol. The first-order chi connectivity index (χ1) is 28.6. The lowest BCUT2D eigenvalue weighted by Crippen LogP contribution is -2.64. The van der Waals surface area contributed by atoms with E-state index in [1.807, 2.05) is 0 Å². The SMILES string of the molecule is COc1cc(/C=C/C(=O)Cl)cc(OC)c1O[C@@H]1O[C@H](COC(=O)c2ccccc2)[C@@H](OC(=O)c2ccccc2)[C@H](OC(=O)c2ccccc2)[C@H]1OC(=O)c1ccccc1. The number of hydrogen-bond donors (Lipinski definition) is 0. The van der Waals surface area contributed by atoms with Crippen LogP contribution in [0.3, 0.4) is 0 Å². The molecule has 6 rings (SSSR count). The second kappa shape index (κ2) is 19.9. The van der Waals surface area contributed by atoms with Crippen LogP contribution in [0.2, 0.25) is 0 Å². The summed E-state index contributed by atoms with van der Waals surface area (Å²) in [5.74, 6) is -3.26. The van der Waals surface area contributed by atoms with Crippen LogP contribution in [0, 0.1) is 0 Å². The summed E-state index contributed by atoms with van der Waals surface area (Å²) in [6.45, 7) is -0.566. The van der Waals surface area contributed by atoms with E-state index in [0.29, 0.717) is 5.56 Å². The van der Waals surface area contributed by atoms with Crippen LogP contribution in [-0.4, -0.2) is 80.7 Å². The first kappa shape index (κ1) is 41.7. The number of halogens is 1. The van der Waals surface area contributed by atoms with Crippen molar-refractivity contribution in [3.05, 3.63) is 167 Å². The fraction of sp³-hybridized carbons (Fsp3) is 0.178. The van der Waals surface area contributed by atoms with Gasteiger partial charge in [-0.1, -0.05) is 72.8 Å². The summed E-state index contributed by atoms with van der Waals surface area (Å²) >= 11 is 5.53. The number of carbonyl (C=O) groups excluding carboxylic acids is 5. The molecule has 0 N–H and O–H groups in total. The van der Waals surface area contributed by atoms with Crippen LogP contribution >= 0.6 is 11.6 Å². The van der Waals surface area contributed by atoms with Gasteiger partial charge in [0.25, 0.3) is 0 Å². The van der Waals surface area contributed by atoms with Crippen LogP contribution in [0.1, 0.15) is 47.0 Å². The molecule has 0 unspecified atom stereocenters. The lowest BCUT2D eigenvalue weighted by Gasteiger charge is -2.44. The van der Waals surface area contributed by atoms with Gasteiger partial charge in [-0.05, 0) is 90.0 Å². The average Bonchev–Trinajstić information content (AvgIpc) is 3.27. The zero-order valence-corrected chi connectivity index (χ0v) is 32.4. The Bertz CT molecular complexity index is 2240. The molecule has 0 bridgehead atoms. The van der Waals surface area contributed by atoms with Gasteiger partial charge in [0.05, 0.1) is 36.5 Å². The number of rotatable bonds is 15.